The van der Waals surface area contributed by atoms with Crippen molar-refractivity contribution in [3.05, 3.63) is 108 Å². The molecule has 0 bridgehead atoms. The first-order valence-corrected chi connectivity index (χ1v) is 10.7. The summed E-state index contributed by atoms with van der Waals surface area (Å²) in [6.07, 6.45) is 7.57. The molecule has 31 heavy (non-hydrogen) atoms. The molecule has 1 N–H and O–H groups in total. The topological polar surface area (TPSA) is 46.0 Å². The molecule has 0 amide bonds. The van der Waals surface area contributed by atoms with E-state index in [1.807, 2.05) is 30.6 Å². The second-order valence-corrected chi connectivity index (χ2v) is 8.24. The SMILES string of the molecule is Cc1cc(C)cc(N2C(=S)N[C@@H](c3ccccn3)[C@H]2c2cccn2-c2cccnc2)c1. The van der Waals surface area contributed by atoms with Crippen molar-refractivity contribution in [2.45, 2.75) is 25.9 Å². The first kappa shape index (κ1) is 19.5. The summed E-state index contributed by atoms with van der Waals surface area (Å²) in [4.78, 5) is 11.2. The van der Waals surface area contributed by atoms with Gasteiger partial charge in [-0.1, -0.05) is 12.1 Å². The average molecular weight is 426 g/mol. The number of hydrogen-bond donors (Lipinski definition) is 1. The number of aromatic nitrogens is 3. The predicted molar refractivity (Wildman–Crippen MR) is 127 cm³/mol. The number of aryl methyl sites for hydroxylation is 2. The van der Waals surface area contributed by atoms with Crippen LogP contribution in [0.25, 0.3) is 5.69 Å². The first-order valence-electron chi connectivity index (χ1n) is 10.3. The lowest BCUT2D eigenvalue weighted by atomic mass is 10.00. The summed E-state index contributed by atoms with van der Waals surface area (Å²) >= 11 is 5.86. The van der Waals surface area contributed by atoms with E-state index in [9.17, 15) is 0 Å². The lowest BCUT2D eigenvalue weighted by molar-refractivity contribution is 0.549. The standard InChI is InChI=1S/C25H23N5S/c1-17-13-18(2)15-20(14-17)30-24(23(28-25(30)31)21-8-3-4-11-27-21)22-9-6-12-29(22)19-7-5-10-26-16-19/h3-16,23-24H,1-2H3,(H,28,31)/t23-,24+/m0/s1. The molecule has 154 valence electrons. The van der Waals surface area contributed by atoms with Crippen LogP contribution in [0.4, 0.5) is 5.69 Å². The van der Waals surface area contributed by atoms with Gasteiger partial charge in [-0.15, -0.1) is 0 Å². The summed E-state index contributed by atoms with van der Waals surface area (Å²) in [6, 6.07) is 20.6. The fraction of sp³-hybridized carbons (Fsp3) is 0.160. The highest BCUT2D eigenvalue weighted by Gasteiger charge is 2.42. The van der Waals surface area contributed by atoms with Crippen LogP contribution in [0.2, 0.25) is 0 Å². The van der Waals surface area contributed by atoms with Crippen LogP contribution >= 0.6 is 12.2 Å². The van der Waals surface area contributed by atoms with Gasteiger partial charge in [0.05, 0.1) is 23.6 Å². The Morgan fingerprint density at radius 2 is 1.74 bits per heavy atom. The monoisotopic (exact) mass is 425 g/mol. The molecule has 0 unspecified atom stereocenters. The lowest BCUT2D eigenvalue weighted by Gasteiger charge is -2.29. The lowest BCUT2D eigenvalue weighted by Crippen LogP contribution is -2.30. The Morgan fingerprint density at radius 3 is 2.45 bits per heavy atom. The zero-order valence-corrected chi connectivity index (χ0v) is 18.3. The van der Waals surface area contributed by atoms with E-state index < -0.39 is 0 Å². The molecule has 5 rings (SSSR count). The van der Waals surface area contributed by atoms with Gasteiger partial charge in [0.1, 0.15) is 6.04 Å². The van der Waals surface area contributed by atoms with Crippen LogP contribution in [0.5, 0.6) is 0 Å². The third kappa shape index (κ3) is 3.59. The van der Waals surface area contributed by atoms with Crippen LogP contribution in [0.1, 0.15) is 34.6 Å². The molecule has 1 aliphatic heterocycles. The summed E-state index contributed by atoms with van der Waals surface area (Å²) in [5.74, 6) is 0. The largest absolute Gasteiger partial charge is 0.351 e. The highest BCUT2D eigenvalue weighted by molar-refractivity contribution is 7.80. The third-order valence-corrected chi connectivity index (χ3v) is 5.90. The summed E-state index contributed by atoms with van der Waals surface area (Å²) in [5.41, 5.74) is 6.59. The Balaban J connectivity index is 1.69. The quantitative estimate of drug-likeness (QED) is 0.463. The van der Waals surface area contributed by atoms with E-state index in [0.717, 1.165) is 22.8 Å². The van der Waals surface area contributed by atoms with Gasteiger partial charge in [-0.3, -0.25) is 9.97 Å². The predicted octanol–water partition coefficient (Wildman–Crippen LogP) is 5.06. The van der Waals surface area contributed by atoms with E-state index in [1.54, 1.807) is 6.20 Å². The molecular weight excluding hydrogens is 402 g/mol. The average Bonchev–Trinajstić information content (AvgIpc) is 3.38. The van der Waals surface area contributed by atoms with E-state index in [-0.39, 0.29) is 12.1 Å². The van der Waals surface area contributed by atoms with Gasteiger partial charge in [-0.05, 0) is 85.7 Å². The van der Waals surface area contributed by atoms with Crippen molar-refractivity contribution in [2.75, 3.05) is 4.90 Å². The number of hydrogen-bond acceptors (Lipinski definition) is 3. The molecule has 0 saturated carbocycles. The molecule has 4 heterocycles. The Morgan fingerprint density at radius 1 is 0.903 bits per heavy atom. The first-order chi connectivity index (χ1) is 15.1. The Hall–Kier alpha value is -3.51. The smallest absolute Gasteiger partial charge is 0.174 e. The van der Waals surface area contributed by atoms with E-state index in [2.05, 4.69) is 87.3 Å². The normalized spacial score (nSPS) is 18.3. The molecule has 1 fully saturated rings. The number of anilines is 1. The highest BCUT2D eigenvalue weighted by atomic mass is 32.1. The van der Waals surface area contributed by atoms with Crippen LogP contribution in [0, 0.1) is 13.8 Å². The van der Waals surface area contributed by atoms with Crippen molar-refractivity contribution in [3.8, 4) is 5.69 Å². The van der Waals surface area contributed by atoms with Crippen molar-refractivity contribution in [1.29, 1.82) is 0 Å². The van der Waals surface area contributed by atoms with Gasteiger partial charge in [0, 0.05) is 30.0 Å². The minimum absolute atomic E-state index is 0.0705. The maximum atomic E-state index is 5.86. The number of rotatable bonds is 4. The van der Waals surface area contributed by atoms with Crippen molar-refractivity contribution in [1.82, 2.24) is 19.9 Å². The van der Waals surface area contributed by atoms with Crippen molar-refractivity contribution >= 4 is 23.0 Å². The number of thiocarbonyl (C=S) groups is 1. The van der Waals surface area contributed by atoms with Crippen LogP contribution in [0.3, 0.4) is 0 Å². The summed E-state index contributed by atoms with van der Waals surface area (Å²) in [6.45, 7) is 4.24. The minimum atomic E-state index is -0.0835. The minimum Gasteiger partial charge on any atom is -0.351 e. The molecule has 5 nitrogen and oxygen atoms in total. The van der Waals surface area contributed by atoms with Crippen LogP contribution in [-0.4, -0.2) is 19.6 Å². The maximum absolute atomic E-state index is 5.86. The van der Waals surface area contributed by atoms with Crippen molar-refractivity contribution in [2.24, 2.45) is 0 Å². The summed E-state index contributed by atoms with van der Waals surface area (Å²) in [5, 5.41) is 4.24. The van der Waals surface area contributed by atoms with Gasteiger partial charge >= 0.3 is 0 Å². The molecule has 1 saturated heterocycles. The summed E-state index contributed by atoms with van der Waals surface area (Å²) < 4.78 is 2.18. The Bertz CT molecular complexity index is 1200. The van der Waals surface area contributed by atoms with Gasteiger partial charge in [0.25, 0.3) is 0 Å². The van der Waals surface area contributed by atoms with E-state index in [4.69, 9.17) is 12.2 Å². The van der Waals surface area contributed by atoms with Crippen LogP contribution in [-0.2, 0) is 0 Å². The van der Waals surface area contributed by atoms with E-state index >= 15 is 0 Å². The highest BCUT2D eigenvalue weighted by Crippen LogP contribution is 2.42. The van der Waals surface area contributed by atoms with Gasteiger partial charge in [-0.2, -0.15) is 0 Å². The van der Waals surface area contributed by atoms with Crippen LogP contribution < -0.4 is 10.2 Å². The molecule has 1 aromatic carbocycles. The van der Waals surface area contributed by atoms with Crippen molar-refractivity contribution in [3.63, 3.8) is 0 Å². The molecule has 0 aliphatic carbocycles. The Kier molecular flexibility index (Phi) is 5.00. The zero-order valence-electron chi connectivity index (χ0n) is 17.4. The summed E-state index contributed by atoms with van der Waals surface area (Å²) in [7, 11) is 0. The molecule has 2 atom stereocenters. The zero-order chi connectivity index (χ0) is 21.4. The van der Waals surface area contributed by atoms with Gasteiger partial charge < -0.3 is 14.8 Å². The molecule has 6 heteroatoms. The Labute approximate surface area is 187 Å². The fourth-order valence-electron chi connectivity index (χ4n) is 4.39. The number of pyridine rings is 2. The molecule has 0 radical (unpaired) electrons. The molecule has 0 spiro atoms. The fourth-order valence-corrected chi connectivity index (χ4v) is 4.74. The molecule has 4 aromatic rings. The number of benzene rings is 1. The van der Waals surface area contributed by atoms with Gasteiger partial charge in [0.2, 0.25) is 0 Å². The molecular formula is C25H23N5S. The molecule has 1 aliphatic rings. The second-order valence-electron chi connectivity index (χ2n) is 7.86. The van der Waals surface area contributed by atoms with E-state index in [0.29, 0.717) is 5.11 Å². The van der Waals surface area contributed by atoms with Crippen LogP contribution in [0.15, 0.2) is 85.5 Å². The van der Waals surface area contributed by atoms with Gasteiger partial charge in [-0.25, -0.2) is 0 Å². The third-order valence-electron chi connectivity index (χ3n) is 5.59. The number of nitrogens with zero attached hydrogens (tertiary/aromatic N) is 4. The maximum Gasteiger partial charge on any atom is 0.174 e. The second kappa shape index (κ2) is 7.96. The number of nitrogens with one attached hydrogen (secondary N) is 1. The molecule has 3 aromatic heterocycles. The van der Waals surface area contributed by atoms with Gasteiger partial charge in [0.15, 0.2) is 5.11 Å². The van der Waals surface area contributed by atoms with E-state index in [1.165, 1.54) is 11.1 Å². The van der Waals surface area contributed by atoms with Crippen molar-refractivity contribution < 1.29 is 0 Å².